The fraction of sp³-hybridized carbons (Fsp3) is 0.219. The first-order chi connectivity index (χ1) is 22.6. The van der Waals surface area contributed by atoms with Crippen molar-refractivity contribution in [3.05, 3.63) is 95.1 Å². The summed E-state index contributed by atoms with van der Waals surface area (Å²) in [5.74, 6) is -0.558. The minimum absolute atomic E-state index is 0.0166. The van der Waals surface area contributed by atoms with Gasteiger partial charge in [-0.3, -0.25) is 9.69 Å². The number of carbonyl (C=O) groups excluding carboxylic acids is 2. The van der Waals surface area contributed by atoms with Gasteiger partial charge in [-0.15, -0.1) is 18.3 Å². The van der Waals surface area contributed by atoms with E-state index in [0.717, 1.165) is 47.2 Å². The van der Waals surface area contributed by atoms with Gasteiger partial charge in [-0.2, -0.15) is 18.2 Å². The van der Waals surface area contributed by atoms with E-state index in [1.54, 1.807) is 6.07 Å². The predicted molar refractivity (Wildman–Crippen MR) is 170 cm³/mol. The molecule has 4 aromatic rings. The number of ether oxygens (including phenoxy) is 1. The van der Waals surface area contributed by atoms with Crippen LogP contribution >= 0.6 is 11.8 Å². The van der Waals surface area contributed by atoms with Gasteiger partial charge in [-0.05, 0) is 78.1 Å². The van der Waals surface area contributed by atoms with E-state index in [2.05, 4.69) is 25.1 Å². The van der Waals surface area contributed by atoms with Crippen LogP contribution in [-0.2, 0) is 11.0 Å². The Bertz CT molecular complexity index is 1900. The fourth-order valence-electron chi connectivity index (χ4n) is 4.70. The predicted octanol–water partition coefficient (Wildman–Crippen LogP) is 8.45. The van der Waals surface area contributed by atoms with Gasteiger partial charge in [-0.1, -0.05) is 49.9 Å². The van der Waals surface area contributed by atoms with Crippen molar-refractivity contribution < 1.29 is 40.7 Å². The number of rotatable bonds is 7. The number of thioether (sulfide) groups is 1. The highest BCUT2D eigenvalue weighted by Crippen LogP contribution is 2.37. The molecule has 0 unspecified atom stereocenters. The van der Waals surface area contributed by atoms with Gasteiger partial charge in [0.1, 0.15) is 12.1 Å². The van der Waals surface area contributed by atoms with Crippen LogP contribution in [0.15, 0.2) is 72.0 Å². The third kappa shape index (κ3) is 8.23. The lowest BCUT2D eigenvalue weighted by molar-refractivity contribution is -0.274. The highest BCUT2D eigenvalue weighted by Gasteiger charge is 2.35. The molecule has 48 heavy (non-hydrogen) atoms. The van der Waals surface area contributed by atoms with Gasteiger partial charge < -0.3 is 10.1 Å². The molecule has 1 N–H and O–H groups in total. The van der Waals surface area contributed by atoms with Crippen LogP contribution in [-0.4, -0.2) is 44.0 Å². The quantitative estimate of drug-likeness (QED) is 0.196. The maximum absolute atomic E-state index is 14.1. The molecule has 1 saturated heterocycles. The van der Waals surface area contributed by atoms with Gasteiger partial charge in [-0.25, -0.2) is 14.5 Å². The number of nitrogens with zero attached hydrogens (tertiary/aromatic N) is 5. The van der Waals surface area contributed by atoms with Crippen molar-refractivity contribution in [1.29, 1.82) is 0 Å². The Hall–Kier alpha value is -5.12. The monoisotopic (exact) mass is 688 g/mol. The number of amides is 3. The Morgan fingerprint density at radius 1 is 1.02 bits per heavy atom. The number of aryl methyl sites for hydroxylation is 1. The number of hydrogen-bond donors (Lipinski definition) is 1. The number of amidine groups is 1. The second-order valence-electron chi connectivity index (χ2n) is 10.8. The van der Waals surface area contributed by atoms with E-state index in [1.165, 1.54) is 46.3 Å². The molecule has 0 atom stereocenters. The molecule has 1 aromatic heterocycles. The number of nitrogens with one attached hydrogen (secondary N) is 1. The van der Waals surface area contributed by atoms with Crippen molar-refractivity contribution in [3.8, 4) is 11.4 Å². The second-order valence-corrected chi connectivity index (χ2v) is 11.7. The van der Waals surface area contributed by atoms with Crippen LogP contribution in [0.3, 0.4) is 0 Å². The molecule has 16 heteroatoms. The van der Waals surface area contributed by atoms with Gasteiger partial charge in [0, 0.05) is 0 Å². The summed E-state index contributed by atoms with van der Waals surface area (Å²) < 4.78 is 84.5. The van der Waals surface area contributed by atoms with Gasteiger partial charge in [0.05, 0.1) is 28.4 Å². The minimum atomic E-state index is -4.85. The smallest absolute Gasteiger partial charge is 0.406 e. The number of carbonyl (C=O) groups is 2. The van der Waals surface area contributed by atoms with Gasteiger partial charge in [0.25, 0.3) is 0 Å². The number of alkyl halides is 6. The number of hydrogen-bond acceptors (Lipinski definition) is 6. The zero-order valence-corrected chi connectivity index (χ0v) is 26.2. The molecule has 3 amide bonds. The molecular formula is C32H26F6N6O3S. The van der Waals surface area contributed by atoms with E-state index >= 15 is 0 Å². The van der Waals surface area contributed by atoms with E-state index in [9.17, 15) is 35.9 Å². The summed E-state index contributed by atoms with van der Waals surface area (Å²) in [7, 11) is 0. The van der Waals surface area contributed by atoms with Crippen LogP contribution in [0.2, 0.25) is 0 Å². The normalized spacial score (nSPS) is 14.8. The molecule has 0 saturated carbocycles. The van der Waals surface area contributed by atoms with Crippen molar-refractivity contribution in [2.24, 2.45) is 4.99 Å². The van der Waals surface area contributed by atoms with E-state index in [-0.39, 0.29) is 34.1 Å². The molecule has 1 fully saturated rings. The molecule has 1 aliphatic heterocycles. The largest absolute Gasteiger partial charge is 0.573 e. The van der Waals surface area contributed by atoms with Crippen molar-refractivity contribution in [2.45, 2.75) is 39.2 Å². The summed E-state index contributed by atoms with van der Waals surface area (Å²) in [5, 5.41) is 6.41. The third-order valence-electron chi connectivity index (χ3n) is 6.87. The molecular weight excluding hydrogens is 662 g/mol. The third-order valence-corrected chi connectivity index (χ3v) is 7.79. The van der Waals surface area contributed by atoms with E-state index in [1.807, 2.05) is 32.9 Å². The van der Waals surface area contributed by atoms with Crippen molar-refractivity contribution >= 4 is 52.4 Å². The highest BCUT2D eigenvalue weighted by molar-refractivity contribution is 8.15. The Labute approximate surface area is 274 Å². The van der Waals surface area contributed by atoms with Crippen LogP contribution in [0.5, 0.6) is 5.75 Å². The van der Waals surface area contributed by atoms with Gasteiger partial charge in [0.2, 0.25) is 5.91 Å². The average molecular weight is 689 g/mol. The molecule has 0 spiro atoms. The van der Waals surface area contributed by atoms with Crippen LogP contribution < -0.4 is 15.0 Å². The Balaban J connectivity index is 1.33. The number of aliphatic imine (C=N–C) groups is 1. The molecule has 5 rings (SSSR count). The fourth-order valence-corrected chi connectivity index (χ4v) is 5.56. The summed E-state index contributed by atoms with van der Waals surface area (Å²) in [6.07, 6.45) is -5.74. The topological polar surface area (TPSA) is 102 Å². The van der Waals surface area contributed by atoms with Crippen LogP contribution in [0.25, 0.3) is 17.8 Å². The molecule has 250 valence electrons. The Morgan fingerprint density at radius 3 is 2.42 bits per heavy atom. The molecule has 0 radical (unpaired) electrons. The van der Waals surface area contributed by atoms with Gasteiger partial charge in [0.15, 0.2) is 11.0 Å². The summed E-state index contributed by atoms with van der Waals surface area (Å²) in [4.78, 5) is 35.0. The van der Waals surface area contributed by atoms with Gasteiger partial charge >= 0.3 is 18.6 Å². The molecule has 2 heterocycles. The first-order valence-corrected chi connectivity index (χ1v) is 15.2. The number of benzene rings is 3. The molecule has 0 bridgehead atoms. The first-order valence-electron chi connectivity index (χ1n) is 14.2. The lowest BCUT2D eigenvalue weighted by Gasteiger charge is -2.22. The maximum Gasteiger partial charge on any atom is 0.573 e. The van der Waals surface area contributed by atoms with E-state index < -0.39 is 35.6 Å². The number of aromatic nitrogens is 3. The van der Waals surface area contributed by atoms with Crippen LogP contribution in [0.4, 0.5) is 42.5 Å². The minimum Gasteiger partial charge on any atom is -0.406 e. The highest BCUT2D eigenvalue weighted by atomic mass is 32.2. The number of halogens is 6. The lowest BCUT2D eigenvalue weighted by atomic mass is 9.99. The lowest BCUT2D eigenvalue weighted by Crippen LogP contribution is -2.31. The van der Waals surface area contributed by atoms with Crippen LogP contribution in [0.1, 0.15) is 47.8 Å². The molecule has 1 aliphatic rings. The summed E-state index contributed by atoms with van der Waals surface area (Å²) in [5.41, 5.74) is 1.10. The van der Waals surface area contributed by atoms with Crippen molar-refractivity contribution in [2.75, 3.05) is 16.0 Å². The summed E-state index contributed by atoms with van der Waals surface area (Å²) >= 11 is 1.01. The average Bonchev–Trinajstić information content (AvgIpc) is 3.61. The van der Waals surface area contributed by atoms with Crippen molar-refractivity contribution in [3.63, 3.8) is 0 Å². The summed E-state index contributed by atoms with van der Waals surface area (Å²) in [6, 6.07) is 12.6. The van der Waals surface area contributed by atoms with Crippen LogP contribution in [0, 0.1) is 6.92 Å². The van der Waals surface area contributed by atoms with E-state index in [0.29, 0.717) is 11.4 Å². The zero-order chi connectivity index (χ0) is 34.8. The second kappa shape index (κ2) is 13.5. The van der Waals surface area contributed by atoms with Crippen molar-refractivity contribution in [1.82, 2.24) is 14.8 Å². The van der Waals surface area contributed by atoms with E-state index in [4.69, 9.17) is 0 Å². The number of urea groups is 1. The Morgan fingerprint density at radius 2 is 1.75 bits per heavy atom. The first kappa shape index (κ1) is 34.2. The molecule has 3 aromatic carbocycles. The SMILES string of the molecule is Cc1ccc(C(C)C)c(N2C(=O)CSC2=NC(=O)Nc2ccc(/C=C/c3ncn(-c4ccc(OC(F)(F)F)cc4)n3)cc2C(F)(F)F)c1. The zero-order valence-electron chi connectivity index (χ0n) is 25.4. The standard InChI is InChI=1S/C32H26F6N6O3S/c1-18(2)23-11-4-19(3)14-26(23)44-28(45)16-48-30(44)41-29(46)40-25-12-5-20(15-24(25)31(33,34)35)6-13-27-39-17-43(42-27)21-7-9-22(10-8-21)47-32(36,37)38/h4-15,17-18H,16H2,1-3H3,(H,40,46)/b13-6+,41-30?. The maximum atomic E-state index is 14.1. The molecule has 9 nitrogen and oxygen atoms in total. The number of anilines is 2. The molecule has 0 aliphatic carbocycles. The summed E-state index contributed by atoms with van der Waals surface area (Å²) in [6.45, 7) is 5.76. The Kier molecular flexibility index (Phi) is 9.66.